The summed E-state index contributed by atoms with van der Waals surface area (Å²) in [6.07, 6.45) is 0. The molecule has 1 aliphatic heterocycles. The second kappa shape index (κ2) is 4.89. The maximum absolute atomic E-state index is 11.9. The number of amides is 2. The molecule has 0 spiro atoms. The number of nitrogens with zero attached hydrogens (tertiary/aromatic N) is 1. The van der Waals surface area contributed by atoms with Crippen LogP contribution in [0.5, 0.6) is 0 Å². The van der Waals surface area contributed by atoms with Gasteiger partial charge in [-0.05, 0) is 12.1 Å². The Balaban J connectivity index is 2.08. The van der Waals surface area contributed by atoms with E-state index >= 15 is 0 Å². The largest absolute Gasteiger partial charge is 0.479 e. The number of carbonyl (C=O) groups excluding carboxylic acids is 3. The normalized spacial score (nSPS) is 13.4. The highest BCUT2D eigenvalue weighted by molar-refractivity contribution is 6.22. The molecule has 0 aliphatic carbocycles. The van der Waals surface area contributed by atoms with Crippen LogP contribution in [-0.2, 0) is 14.3 Å². The average molecular weight is 263 g/mol. The molecular formula is C12H9NO6. The van der Waals surface area contributed by atoms with Crippen LogP contribution < -0.4 is 0 Å². The summed E-state index contributed by atoms with van der Waals surface area (Å²) < 4.78 is 4.38. The third-order valence-corrected chi connectivity index (χ3v) is 2.52. The van der Waals surface area contributed by atoms with E-state index in [1.807, 2.05) is 0 Å². The molecule has 1 aromatic carbocycles. The van der Waals surface area contributed by atoms with Gasteiger partial charge in [0.15, 0.2) is 6.61 Å². The molecule has 0 aromatic heterocycles. The monoisotopic (exact) mass is 263 g/mol. The molecule has 1 aromatic rings. The van der Waals surface area contributed by atoms with Crippen LogP contribution in [0.1, 0.15) is 20.7 Å². The van der Waals surface area contributed by atoms with Crippen molar-refractivity contribution < 1.29 is 29.0 Å². The number of carboxylic acids is 1. The number of carbonyl (C=O) groups is 4. The minimum atomic E-state index is -1.31. The lowest BCUT2D eigenvalue weighted by Gasteiger charge is -2.12. The number of benzene rings is 1. The molecule has 98 valence electrons. The minimum absolute atomic E-state index is 0.221. The van der Waals surface area contributed by atoms with Gasteiger partial charge in [-0.2, -0.15) is 0 Å². The second-order valence-corrected chi connectivity index (χ2v) is 3.80. The maximum Gasteiger partial charge on any atom is 0.341 e. The first kappa shape index (κ1) is 12.7. The van der Waals surface area contributed by atoms with Gasteiger partial charge >= 0.3 is 11.9 Å². The lowest BCUT2D eigenvalue weighted by atomic mass is 10.1. The fourth-order valence-corrected chi connectivity index (χ4v) is 1.70. The van der Waals surface area contributed by atoms with Gasteiger partial charge in [0.05, 0.1) is 11.1 Å². The van der Waals surface area contributed by atoms with Crippen molar-refractivity contribution in [1.82, 2.24) is 4.90 Å². The van der Waals surface area contributed by atoms with Gasteiger partial charge in [0.25, 0.3) is 11.8 Å². The zero-order valence-corrected chi connectivity index (χ0v) is 9.66. The molecule has 7 nitrogen and oxygen atoms in total. The maximum atomic E-state index is 11.9. The highest BCUT2D eigenvalue weighted by atomic mass is 16.5. The van der Waals surface area contributed by atoms with E-state index in [1.165, 1.54) is 12.1 Å². The zero-order chi connectivity index (χ0) is 14.0. The molecular weight excluding hydrogens is 254 g/mol. The molecule has 1 N–H and O–H groups in total. The molecule has 0 fully saturated rings. The summed E-state index contributed by atoms with van der Waals surface area (Å²) in [4.78, 5) is 46.0. The van der Waals surface area contributed by atoms with Gasteiger partial charge in [0.2, 0.25) is 0 Å². The Morgan fingerprint density at radius 2 is 1.63 bits per heavy atom. The number of ether oxygens (including phenoxy) is 1. The number of fused-ring (bicyclic) bond motifs is 1. The summed E-state index contributed by atoms with van der Waals surface area (Å²) in [5.41, 5.74) is 0.442. The Morgan fingerprint density at radius 3 is 2.11 bits per heavy atom. The van der Waals surface area contributed by atoms with Crippen LogP contribution in [0.15, 0.2) is 24.3 Å². The van der Waals surface area contributed by atoms with Gasteiger partial charge < -0.3 is 9.84 Å². The van der Waals surface area contributed by atoms with Crippen molar-refractivity contribution in [1.29, 1.82) is 0 Å². The Bertz CT molecular complexity index is 544. The summed E-state index contributed by atoms with van der Waals surface area (Å²) in [6.45, 7) is -1.40. The third kappa shape index (κ3) is 2.44. The predicted molar refractivity (Wildman–Crippen MR) is 60.4 cm³/mol. The number of hydrogen-bond donors (Lipinski definition) is 1. The Kier molecular flexibility index (Phi) is 3.28. The summed E-state index contributed by atoms with van der Waals surface area (Å²) in [5, 5.41) is 8.34. The number of imide groups is 1. The first-order valence-electron chi connectivity index (χ1n) is 5.33. The Labute approximate surface area is 107 Å². The lowest BCUT2D eigenvalue weighted by molar-refractivity contribution is -0.155. The molecule has 0 saturated heterocycles. The van der Waals surface area contributed by atoms with Crippen molar-refractivity contribution in [2.45, 2.75) is 0 Å². The van der Waals surface area contributed by atoms with Gasteiger partial charge in [-0.15, -0.1) is 0 Å². The topological polar surface area (TPSA) is 101 Å². The SMILES string of the molecule is O=C(O)COC(=O)CN1C(=O)c2ccccc2C1=O. The number of rotatable bonds is 4. The van der Waals surface area contributed by atoms with E-state index in [4.69, 9.17) is 5.11 Å². The van der Waals surface area contributed by atoms with Crippen LogP contribution in [0.3, 0.4) is 0 Å². The fourth-order valence-electron chi connectivity index (χ4n) is 1.70. The molecule has 0 atom stereocenters. The van der Waals surface area contributed by atoms with Crippen molar-refractivity contribution in [3.63, 3.8) is 0 Å². The average Bonchev–Trinajstić information content (AvgIpc) is 2.62. The van der Waals surface area contributed by atoms with E-state index in [0.29, 0.717) is 0 Å². The smallest absolute Gasteiger partial charge is 0.341 e. The minimum Gasteiger partial charge on any atom is -0.479 e. The second-order valence-electron chi connectivity index (χ2n) is 3.80. The summed E-state index contributed by atoms with van der Waals surface area (Å²) in [6, 6.07) is 6.18. The quantitative estimate of drug-likeness (QED) is 0.601. The first-order chi connectivity index (χ1) is 9.00. The lowest BCUT2D eigenvalue weighted by Crippen LogP contribution is -2.36. The summed E-state index contributed by atoms with van der Waals surface area (Å²) in [5.74, 6) is -3.44. The summed E-state index contributed by atoms with van der Waals surface area (Å²) >= 11 is 0. The highest BCUT2D eigenvalue weighted by Crippen LogP contribution is 2.21. The van der Waals surface area contributed by atoms with E-state index < -0.39 is 36.9 Å². The Hall–Kier alpha value is -2.70. The van der Waals surface area contributed by atoms with Gasteiger partial charge in [-0.25, -0.2) is 4.79 Å². The van der Waals surface area contributed by atoms with Crippen LogP contribution in [0, 0.1) is 0 Å². The summed E-state index contributed by atoms with van der Waals surface area (Å²) in [7, 11) is 0. The van der Waals surface area contributed by atoms with Crippen LogP contribution >= 0.6 is 0 Å². The van der Waals surface area contributed by atoms with E-state index in [2.05, 4.69) is 4.74 Å². The van der Waals surface area contributed by atoms with Crippen LogP contribution in [0.4, 0.5) is 0 Å². The zero-order valence-electron chi connectivity index (χ0n) is 9.66. The van der Waals surface area contributed by atoms with Crippen molar-refractivity contribution in [3.05, 3.63) is 35.4 Å². The highest BCUT2D eigenvalue weighted by Gasteiger charge is 2.36. The van der Waals surface area contributed by atoms with Crippen LogP contribution in [0.25, 0.3) is 0 Å². The number of hydrogen-bond acceptors (Lipinski definition) is 5. The standard InChI is InChI=1S/C12H9NO6/c14-9(15)6-19-10(16)5-13-11(17)7-3-1-2-4-8(7)12(13)18/h1-4H,5-6H2,(H,14,15). The van der Waals surface area contributed by atoms with Gasteiger partial charge in [-0.3, -0.25) is 19.3 Å². The third-order valence-electron chi connectivity index (χ3n) is 2.52. The molecule has 2 amide bonds. The first-order valence-corrected chi connectivity index (χ1v) is 5.33. The van der Waals surface area contributed by atoms with Crippen LogP contribution in [-0.4, -0.2) is 46.9 Å². The molecule has 7 heteroatoms. The van der Waals surface area contributed by atoms with E-state index in [1.54, 1.807) is 12.1 Å². The van der Waals surface area contributed by atoms with Crippen molar-refractivity contribution in [2.75, 3.05) is 13.2 Å². The van der Waals surface area contributed by atoms with E-state index in [9.17, 15) is 19.2 Å². The van der Waals surface area contributed by atoms with E-state index in [0.717, 1.165) is 4.90 Å². The molecule has 19 heavy (non-hydrogen) atoms. The van der Waals surface area contributed by atoms with Crippen molar-refractivity contribution >= 4 is 23.8 Å². The van der Waals surface area contributed by atoms with Crippen molar-refractivity contribution in [3.8, 4) is 0 Å². The number of carboxylic acid groups (broad SMARTS) is 1. The molecule has 0 bridgehead atoms. The molecule has 2 rings (SSSR count). The number of esters is 1. The molecule has 0 radical (unpaired) electrons. The predicted octanol–water partition coefficient (Wildman–Crippen LogP) is -0.0896. The van der Waals surface area contributed by atoms with Gasteiger partial charge in [0.1, 0.15) is 6.54 Å². The van der Waals surface area contributed by atoms with Gasteiger partial charge in [0, 0.05) is 0 Å². The van der Waals surface area contributed by atoms with Crippen molar-refractivity contribution in [2.24, 2.45) is 0 Å². The van der Waals surface area contributed by atoms with E-state index in [-0.39, 0.29) is 11.1 Å². The number of aliphatic carboxylic acids is 1. The van der Waals surface area contributed by atoms with Crippen LogP contribution in [0.2, 0.25) is 0 Å². The molecule has 0 saturated carbocycles. The fraction of sp³-hybridized carbons (Fsp3) is 0.167. The Morgan fingerprint density at radius 1 is 1.11 bits per heavy atom. The molecule has 1 heterocycles. The van der Waals surface area contributed by atoms with Gasteiger partial charge in [-0.1, -0.05) is 12.1 Å². The molecule has 0 unspecified atom stereocenters. The molecule has 1 aliphatic rings.